The monoisotopic (exact) mass is 306 g/mol. The minimum absolute atomic E-state index is 0.325. The zero-order valence-corrected chi connectivity index (χ0v) is 11.5. The van der Waals surface area contributed by atoms with Crippen molar-refractivity contribution in [3.05, 3.63) is 45.3 Å². The van der Waals surface area contributed by atoms with Gasteiger partial charge >= 0.3 is 0 Å². The first-order chi connectivity index (χ1) is 10.1. The minimum Gasteiger partial charge on any atom is -0.309 e. The van der Waals surface area contributed by atoms with Crippen LogP contribution >= 0.6 is 11.6 Å². The van der Waals surface area contributed by atoms with E-state index in [1.807, 2.05) is 22.5 Å². The Morgan fingerprint density at radius 2 is 2.14 bits per heavy atom. The highest BCUT2D eigenvalue weighted by molar-refractivity contribution is 6.30. The van der Waals surface area contributed by atoms with E-state index >= 15 is 0 Å². The molecule has 3 rings (SSSR count). The van der Waals surface area contributed by atoms with Gasteiger partial charge in [-0.05, 0) is 18.2 Å². The molecule has 2 aromatic rings. The second-order valence-electron chi connectivity index (χ2n) is 4.41. The zero-order chi connectivity index (χ0) is 15.0. The number of halogens is 1. The van der Waals surface area contributed by atoms with E-state index < -0.39 is 11.5 Å². The number of nitrogens with one attached hydrogen (secondary N) is 1. The molecule has 0 radical (unpaired) electrons. The van der Waals surface area contributed by atoms with Crippen LogP contribution in [0.1, 0.15) is 10.5 Å². The third-order valence-corrected chi connectivity index (χ3v) is 3.42. The summed E-state index contributed by atoms with van der Waals surface area (Å²) in [6, 6.07) is 7.19. The second-order valence-corrected chi connectivity index (χ2v) is 4.85. The normalized spacial score (nSPS) is 13.1. The van der Waals surface area contributed by atoms with E-state index in [4.69, 9.17) is 17.4 Å². The molecule has 2 heterocycles. The number of anilines is 2. The summed E-state index contributed by atoms with van der Waals surface area (Å²) >= 11 is 5.97. The third kappa shape index (κ3) is 2.24. The van der Waals surface area contributed by atoms with Crippen molar-refractivity contribution < 1.29 is 4.79 Å². The Bertz CT molecular complexity index is 775. The number of nitrogen functional groups attached to an aromatic ring is 1. The SMILES string of the molecule is NNC(=O)c1nnc2n(c1=O)CCN2c1cccc(Cl)c1. The molecule has 1 aromatic carbocycles. The van der Waals surface area contributed by atoms with Crippen LogP contribution in [0.4, 0.5) is 11.6 Å². The van der Waals surface area contributed by atoms with Gasteiger partial charge < -0.3 is 4.90 Å². The number of hydrazine groups is 1. The molecule has 0 spiro atoms. The number of benzene rings is 1. The van der Waals surface area contributed by atoms with Crippen LogP contribution in [-0.4, -0.2) is 27.2 Å². The Morgan fingerprint density at radius 1 is 1.33 bits per heavy atom. The maximum Gasteiger partial charge on any atom is 0.291 e. The van der Waals surface area contributed by atoms with Crippen molar-refractivity contribution in [2.24, 2.45) is 5.84 Å². The smallest absolute Gasteiger partial charge is 0.291 e. The average molecular weight is 307 g/mol. The lowest BCUT2D eigenvalue weighted by Crippen LogP contribution is -2.38. The Hall–Kier alpha value is -2.45. The Kier molecular flexibility index (Phi) is 3.32. The molecule has 0 bridgehead atoms. The molecule has 1 aromatic heterocycles. The van der Waals surface area contributed by atoms with Gasteiger partial charge in [-0.3, -0.25) is 19.6 Å². The van der Waals surface area contributed by atoms with E-state index in [1.165, 1.54) is 4.57 Å². The van der Waals surface area contributed by atoms with Gasteiger partial charge in [0.15, 0.2) is 0 Å². The summed E-state index contributed by atoms with van der Waals surface area (Å²) in [6.45, 7) is 0.943. The van der Waals surface area contributed by atoms with Gasteiger partial charge in [0.2, 0.25) is 11.6 Å². The minimum atomic E-state index is -0.760. The second kappa shape index (κ2) is 5.15. The van der Waals surface area contributed by atoms with Crippen molar-refractivity contribution in [2.45, 2.75) is 6.54 Å². The molecule has 0 fully saturated rings. The van der Waals surface area contributed by atoms with Gasteiger partial charge in [-0.25, -0.2) is 5.84 Å². The summed E-state index contributed by atoms with van der Waals surface area (Å²) in [5.41, 5.74) is 1.84. The maximum atomic E-state index is 12.2. The van der Waals surface area contributed by atoms with Crippen LogP contribution in [0.15, 0.2) is 29.1 Å². The molecular weight excluding hydrogens is 296 g/mol. The first kappa shape index (κ1) is 13.5. The number of aromatic nitrogens is 3. The molecule has 8 nitrogen and oxygen atoms in total. The van der Waals surface area contributed by atoms with Crippen LogP contribution in [0.3, 0.4) is 0 Å². The molecule has 9 heteroatoms. The van der Waals surface area contributed by atoms with Crippen LogP contribution < -0.4 is 21.7 Å². The van der Waals surface area contributed by atoms with Gasteiger partial charge in [-0.1, -0.05) is 17.7 Å². The van der Waals surface area contributed by atoms with Crippen molar-refractivity contribution in [2.75, 3.05) is 11.4 Å². The number of nitrogens with zero attached hydrogens (tertiary/aromatic N) is 4. The summed E-state index contributed by atoms with van der Waals surface area (Å²) < 4.78 is 1.39. The number of amides is 1. The first-order valence-corrected chi connectivity index (χ1v) is 6.51. The number of hydrogen-bond acceptors (Lipinski definition) is 6. The summed E-state index contributed by atoms with van der Waals surface area (Å²) in [5, 5.41) is 8.21. The van der Waals surface area contributed by atoms with Crippen LogP contribution in [0.5, 0.6) is 0 Å². The number of carbonyl (C=O) groups is 1. The molecule has 108 valence electrons. The summed E-state index contributed by atoms with van der Waals surface area (Å²) in [5.74, 6) is 4.62. The van der Waals surface area contributed by atoms with E-state index in [0.717, 1.165) is 5.69 Å². The van der Waals surface area contributed by atoms with Crippen molar-refractivity contribution >= 4 is 29.1 Å². The number of rotatable bonds is 2. The average Bonchev–Trinajstić information content (AvgIpc) is 2.92. The standard InChI is InChI=1S/C12H11ClN6O2/c13-7-2-1-3-8(6-7)18-4-5-19-11(21)9(10(20)15-14)16-17-12(18)19/h1-3,6H,4-5,14H2,(H,15,20). The molecule has 1 aliphatic rings. The van der Waals surface area contributed by atoms with Gasteiger partial charge in [-0.2, -0.15) is 0 Å². The number of nitrogens with two attached hydrogens (primary N) is 1. The Labute approximate surface area is 124 Å². The van der Waals surface area contributed by atoms with E-state index in [2.05, 4.69) is 10.2 Å². The summed E-state index contributed by atoms with van der Waals surface area (Å²) in [7, 11) is 0. The highest BCUT2D eigenvalue weighted by atomic mass is 35.5. The summed E-state index contributed by atoms with van der Waals surface area (Å²) in [4.78, 5) is 25.5. The van der Waals surface area contributed by atoms with Crippen molar-refractivity contribution in [3.63, 3.8) is 0 Å². The lowest BCUT2D eigenvalue weighted by Gasteiger charge is -2.16. The molecule has 21 heavy (non-hydrogen) atoms. The molecule has 0 atom stereocenters. The molecule has 0 saturated heterocycles. The fraction of sp³-hybridized carbons (Fsp3) is 0.167. The van der Waals surface area contributed by atoms with Gasteiger partial charge in [0.05, 0.1) is 0 Å². The van der Waals surface area contributed by atoms with E-state index in [-0.39, 0.29) is 5.69 Å². The molecule has 1 amide bonds. The van der Waals surface area contributed by atoms with E-state index in [9.17, 15) is 9.59 Å². The van der Waals surface area contributed by atoms with Crippen molar-refractivity contribution in [3.8, 4) is 0 Å². The number of carbonyl (C=O) groups excluding carboxylic acids is 1. The largest absolute Gasteiger partial charge is 0.309 e. The summed E-state index contributed by atoms with van der Waals surface area (Å²) in [6.07, 6.45) is 0. The van der Waals surface area contributed by atoms with Crippen molar-refractivity contribution in [1.82, 2.24) is 20.2 Å². The van der Waals surface area contributed by atoms with Crippen molar-refractivity contribution in [1.29, 1.82) is 0 Å². The first-order valence-electron chi connectivity index (χ1n) is 6.13. The van der Waals surface area contributed by atoms with Gasteiger partial charge in [0, 0.05) is 23.8 Å². The van der Waals surface area contributed by atoms with Gasteiger partial charge in [-0.15, -0.1) is 10.2 Å². The third-order valence-electron chi connectivity index (χ3n) is 3.18. The molecule has 0 saturated carbocycles. The molecule has 0 unspecified atom stereocenters. The fourth-order valence-corrected chi connectivity index (χ4v) is 2.40. The highest BCUT2D eigenvalue weighted by Crippen LogP contribution is 2.28. The van der Waals surface area contributed by atoms with Gasteiger partial charge in [0.25, 0.3) is 11.5 Å². The maximum absolute atomic E-state index is 12.2. The quantitative estimate of drug-likeness (QED) is 0.461. The Morgan fingerprint density at radius 3 is 2.86 bits per heavy atom. The Balaban J connectivity index is 2.06. The fourth-order valence-electron chi connectivity index (χ4n) is 2.21. The number of fused-ring (bicyclic) bond motifs is 1. The number of hydrogen-bond donors (Lipinski definition) is 2. The lowest BCUT2D eigenvalue weighted by atomic mass is 10.3. The van der Waals surface area contributed by atoms with E-state index in [1.54, 1.807) is 12.1 Å². The van der Waals surface area contributed by atoms with Gasteiger partial charge in [0.1, 0.15) is 0 Å². The topological polar surface area (TPSA) is 106 Å². The predicted octanol–water partition coefficient (Wildman–Crippen LogP) is 0.0469. The predicted molar refractivity (Wildman–Crippen MR) is 76.4 cm³/mol. The van der Waals surface area contributed by atoms with Crippen LogP contribution in [0, 0.1) is 0 Å². The van der Waals surface area contributed by atoms with E-state index in [0.29, 0.717) is 24.1 Å². The zero-order valence-electron chi connectivity index (χ0n) is 10.8. The van der Waals surface area contributed by atoms with Crippen LogP contribution in [-0.2, 0) is 6.54 Å². The molecule has 0 aliphatic carbocycles. The highest BCUT2D eigenvalue weighted by Gasteiger charge is 2.26. The lowest BCUT2D eigenvalue weighted by molar-refractivity contribution is 0.0945. The molecule has 3 N–H and O–H groups in total. The molecule has 1 aliphatic heterocycles. The van der Waals surface area contributed by atoms with Crippen LogP contribution in [0.25, 0.3) is 0 Å². The molecular formula is C12H11ClN6O2. The van der Waals surface area contributed by atoms with Crippen LogP contribution in [0.2, 0.25) is 5.02 Å².